The zero-order valence-electron chi connectivity index (χ0n) is 24.6. The SMILES string of the molecule is CC(O)C(N)C(=O)NC(Cc1c[nH]c2ccccc12)C(=O)NC(CCC(N)=O)C(=O)NC(Cc1c[nH]c2ccccc12)C(=O)O. The summed E-state index contributed by atoms with van der Waals surface area (Å²) in [4.78, 5) is 69.8. The zero-order valence-corrected chi connectivity index (χ0v) is 24.6. The Bertz CT molecular complexity index is 1700. The summed E-state index contributed by atoms with van der Waals surface area (Å²) in [5.41, 5.74) is 14.1. The number of aliphatic hydroxyl groups excluding tert-OH is 1. The number of nitrogens with two attached hydrogens (primary N) is 2. The number of amides is 4. The summed E-state index contributed by atoms with van der Waals surface area (Å²) in [5.74, 6) is -4.48. The van der Waals surface area contributed by atoms with Crippen molar-refractivity contribution >= 4 is 51.4 Å². The van der Waals surface area contributed by atoms with Gasteiger partial charge < -0.3 is 47.6 Å². The summed E-state index contributed by atoms with van der Waals surface area (Å²) in [5, 5.41) is 28.9. The molecule has 0 saturated carbocycles. The van der Waals surface area contributed by atoms with Crippen molar-refractivity contribution in [1.82, 2.24) is 25.9 Å². The molecule has 2 aromatic carbocycles. The molecule has 4 amide bonds. The number of primary amides is 1. The molecular formula is C31H37N7O7. The van der Waals surface area contributed by atoms with Gasteiger partial charge in [0.15, 0.2) is 0 Å². The minimum atomic E-state index is -1.37. The fourth-order valence-electron chi connectivity index (χ4n) is 5.04. The molecule has 2 aromatic heterocycles. The molecule has 5 atom stereocenters. The molecule has 14 heteroatoms. The molecule has 0 aliphatic heterocycles. The van der Waals surface area contributed by atoms with E-state index in [0.29, 0.717) is 11.1 Å². The van der Waals surface area contributed by atoms with Gasteiger partial charge in [-0.25, -0.2) is 4.79 Å². The van der Waals surface area contributed by atoms with E-state index in [4.69, 9.17) is 11.5 Å². The van der Waals surface area contributed by atoms with Crippen LogP contribution in [0.5, 0.6) is 0 Å². The van der Waals surface area contributed by atoms with E-state index in [0.717, 1.165) is 21.8 Å². The number of aromatic nitrogens is 2. The van der Waals surface area contributed by atoms with Crippen LogP contribution in [0.15, 0.2) is 60.9 Å². The van der Waals surface area contributed by atoms with E-state index in [2.05, 4.69) is 25.9 Å². The number of hydrogen-bond donors (Lipinski definition) is 9. The van der Waals surface area contributed by atoms with Crippen LogP contribution < -0.4 is 27.4 Å². The highest BCUT2D eigenvalue weighted by Gasteiger charge is 2.32. The van der Waals surface area contributed by atoms with Gasteiger partial charge in [0, 0.05) is 53.5 Å². The topological polar surface area (TPSA) is 246 Å². The van der Waals surface area contributed by atoms with Gasteiger partial charge in [0.1, 0.15) is 24.2 Å². The van der Waals surface area contributed by atoms with Gasteiger partial charge in [0.25, 0.3) is 0 Å². The van der Waals surface area contributed by atoms with Gasteiger partial charge in [-0.1, -0.05) is 36.4 Å². The van der Waals surface area contributed by atoms with Crippen molar-refractivity contribution in [2.75, 3.05) is 0 Å². The molecule has 45 heavy (non-hydrogen) atoms. The summed E-state index contributed by atoms with van der Waals surface area (Å²) >= 11 is 0. The van der Waals surface area contributed by atoms with Crippen molar-refractivity contribution < 1.29 is 34.2 Å². The number of fused-ring (bicyclic) bond motifs is 2. The number of para-hydroxylation sites is 2. The Kier molecular flexibility index (Phi) is 10.5. The number of rotatable bonds is 15. The smallest absolute Gasteiger partial charge is 0.326 e. The first-order valence-electron chi connectivity index (χ1n) is 14.4. The molecule has 0 fully saturated rings. The van der Waals surface area contributed by atoms with Crippen LogP contribution in [-0.2, 0) is 36.8 Å². The van der Waals surface area contributed by atoms with Crippen molar-refractivity contribution in [3.05, 3.63) is 72.1 Å². The number of aliphatic hydroxyl groups is 1. The average molecular weight is 620 g/mol. The first-order valence-corrected chi connectivity index (χ1v) is 14.4. The fourth-order valence-corrected chi connectivity index (χ4v) is 5.04. The lowest BCUT2D eigenvalue weighted by Crippen LogP contribution is -2.58. The Morgan fingerprint density at radius 1 is 0.756 bits per heavy atom. The molecule has 14 nitrogen and oxygen atoms in total. The van der Waals surface area contributed by atoms with Crippen LogP contribution in [-0.4, -0.2) is 80.1 Å². The number of H-pyrrole nitrogens is 2. The minimum absolute atomic E-state index is 0.0173. The van der Waals surface area contributed by atoms with Crippen LogP contribution in [0.2, 0.25) is 0 Å². The molecule has 238 valence electrons. The van der Waals surface area contributed by atoms with E-state index < -0.39 is 59.9 Å². The fraction of sp³-hybridized carbons (Fsp3) is 0.323. The van der Waals surface area contributed by atoms with E-state index in [-0.39, 0.29) is 25.7 Å². The largest absolute Gasteiger partial charge is 0.480 e. The molecule has 0 radical (unpaired) electrons. The van der Waals surface area contributed by atoms with Crippen LogP contribution in [0.1, 0.15) is 30.9 Å². The van der Waals surface area contributed by atoms with Crippen molar-refractivity contribution in [3.8, 4) is 0 Å². The number of benzene rings is 2. The summed E-state index contributed by atoms with van der Waals surface area (Å²) < 4.78 is 0. The number of aromatic amines is 2. The van der Waals surface area contributed by atoms with Gasteiger partial charge in [-0.3, -0.25) is 19.2 Å². The van der Waals surface area contributed by atoms with E-state index >= 15 is 0 Å². The lowest BCUT2D eigenvalue weighted by molar-refractivity contribution is -0.142. The summed E-state index contributed by atoms with van der Waals surface area (Å²) in [6, 6.07) is 9.29. The predicted molar refractivity (Wildman–Crippen MR) is 166 cm³/mol. The van der Waals surface area contributed by atoms with Crippen molar-refractivity contribution in [1.29, 1.82) is 0 Å². The van der Waals surface area contributed by atoms with Crippen LogP contribution in [0.25, 0.3) is 21.8 Å². The molecule has 0 bridgehead atoms. The second-order valence-electron chi connectivity index (χ2n) is 10.9. The monoisotopic (exact) mass is 619 g/mol. The predicted octanol–water partition coefficient (Wildman–Crippen LogP) is -0.0530. The number of aliphatic carboxylic acids is 1. The maximum atomic E-state index is 13.7. The number of nitrogens with one attached hydrogen (secondary N) is 5. The Hall–Kier alpha value is -5.21. The minimum Gasteiger partial charge on any atom is -0.480 e. The molecule has 4 aromatic rings. The third-order valence-electron chi connectivity index (χ3n) is 7.58. The number of carboxylic acids is 1. The highest BCUT2D eigenvalue weighted by atomic mass is 16.4. The second kappa shape index (κ2) is 14.5. The Balaban J connectivity index is 1.56. The van der Waals surface area contributed by atoms with Crippen LogP contribution in [0.4, 0.5) is 0 Å². The Labute approximate surface area is 257 Å². The van der Waals surface area contributed by atoms with E-state index in [1.54, 1.807) is 12.4 Å². The molecule has 0 spiro atoms. The van der Waals surface area contributed by atoms with E-state index in [1.807, 2.05) is 48.5 Å². The molecule has 5 unspecified atom stereocenters. The number of carbonyl (C=O) groups is 5. The lowest BCUT2D eigenvalue weighted by Gasteiger charge is -2.25. The van der Waals surface area contributed by atoms with E-state index in [9.17, 15) is 34.2 Å². The van der Waals surface area contributed by atoms with Crippen LogP contribution >= 0.6 is 0 Å². The number of carbonyl (C=O) groups excluding carboxylic acids is 4. The molecule has 4 rings (SSSR count). The Morgan fingerprint density at radius 3 is 1.73 bits per heavy atom. The van der Waals surface area contributed by atoms with Gasteiger partial charge in [-0.2, -0.15) is 0 Å². The normalized spacial score (nSPS) is 14.6. The van der Waals surface area contributed by atoms with Crippen LogP contribution in [0.3, 0.4) is 0 Å². The summed E-state index contributed by atoms with van der Waals surface area (Å²) in [6.07, 6.45) is 1.55. The molecule has 0 aliphatic carbocycles. The van der Waals surface area contributed by atoms with Gasteiger partial charge >= 0.3 is 5.97 Å². The second-order valence-corrected chi connectivity index (χ2v) is 10.9. The first-order chi connectivity index (χ1) is 21.4. The molecule has 0 saturated heterocycles. The molecular weight excluding hydrogens is 582 g/mol. The van der Waals surface area contributed by atoms with Gasteiger partial charge in [0.2, 0.25) is 23.6 Å². The third kappa shape index (κ3) is 8.25. The Morgan fingerprint density at radius 2 is 1.22 bits per heavy atom. The molecule has 0 aliphatic rings. The van der Waals surface area contributed by atoms with Gasteiger partial charge in [-0.15, -0.1) is 0 Å². The average Bonchev–Trinajstić information content (AvgIpc) is 3.61. The van der Waals surface area contributed by atoms with Gasteiger partial charge in [-0.05, 0) is 36.6 Å². The highest BCUT2D eigenvalue weighted by Crippen LogP contribution is 2.21. The van der Waals surface area contributed by atoms with E-state index in [1.165, 1.54) is 6.92 Å². The van der Waals surface area contributed by atoms with Crippen molar-refractivity contribution in [3.63, 3.8) is 0 Å². The molecule has 2 heterocycles. The van der Waals surface area contributed by atoms with Crippen molar-refractivity contribution in [2.45, 2.75) is 62.9 Å². The zero-order chi connectivity index (χ0) is 32.7. The maximum absolute atomic E-state index is 13.7. The highest BCUT2D eigenvalue weighted by molar-refractivity contribution is 5.95. The lowest BCUT2D eigenvalue weighted by atomic mass is 10.0. The standard InChI is InChI=1S/C31H37N7O7/c1-16(39)27(33)30(43)37-24(12-17-14-34-21-8-4-2-6-19(17)21)29(42)36-23(10-11-26(32)40)28(41)38-25(31(44)45)13-18-15-35-22-9-5-3-7-20(18)22/h2-9,14-16,23-25,27,34-35,39H,10-13,33H2,1H3,(H2,32,40)(H,36,42)(H,37,43)(H,38,41)(H,44,45). The summed E-state index contributed by atoms with van der Waals surface area (Å²) in [6.45, 7) is 1.33. The van der Waals surface area contributed by atoms with Crippen molar-refractivity contribution in [2.24, 2.45) is 11.5 Å². The first kappa shape index (κ1) is 32.7. The number of hydrogen-bond acceptors (Lipinski definition) is 7. The van der Waals surface area contributed by atoms with Gasteiger partial charge in [0.05, 0.1) is 6.10 Å². The third-order valence-corrected chi connectivity index (χ3v) is 7.58. The van der Waals surface area contributed by atoms with Crippen LogP contribution in [0, 0.1) is 0 Å². The molecule has 11 N–H and O–H groups in total. The number of carboxylic acid groups (broad SMARTS) is 1. The summed E-state index contributed by atoms with van der Waals surface area (Å²) in [7, 11) is 0. The quantitative estimate of drug-likeness (QED) is 0.0871. The maximum Gasteiger partial charge on any atom is 0.326 e.